The molecule has 1 aromatic heterocycles. The number of pyridine rings is 1. The Hall–Kier alpha value is -1.96. The highest BCUT2D eigenvalue weighted by molar-refractivity contribution is 6.01. The van der Waals surface area contributed by atoms with E-state index in [1.807, 2.05) is 56.3 Å². The fraction of sp³-hybridized carbons (Fsp3) is 0.200. The number of carbonyl (C=O) groups is 1. The molecule has 1 heterocycles. The van der Waals surface area contributed by atoms with Crippen molar-refractivity contribution in [1.82, 2.24) is 4.98 Å². The smallest absolute Gasteiger partial charge is 0.184 e. The van der Waals surface area contributed by atoms with Gasteiger partial charge >= 0.3 is 0 Å². The Morgan fingerprint density at radius 3 is 2.41 bits per heavy atom. The summed E-state index contributed by atoms with van der Waals surface area (Å²) in [4.78, 5) is 16.3. The first kappa shape index (κ1) is 11.5. The van der Waals surface area contributed by atoms with Crippen LogP contribution in [0.4, 0.5) is 0 Å². The number of Topliss-reactive ketones (excluding diaryl/α,β-unsaturated/α-hetero) is 1. The molecule has 1 aromatic carbocycles. The van der Waals surface area contributed by atoms with E-state index in [4.69, 9.17) is 0 Å². The first-order chi connectivity index (χ1) is 8.20. The zero-order valence-corrected chi connectivity index (χ0v) is 10.1. The third-order valence-corrected chi connectivity index (χ3v) is 2.65. The number of nitrogens with zero attached hydrogens (tertiary/aromatic N) is 1. The van der Waals surface area contributed by atoms with Crippen LogP contribution in [0.15, 0.2) is 48.7 Å². The van der Waals surface area contributed by atoms with Crippen molar-refractivity contribution >= 4 is 5.78 Å². The highest BCUT2D eigenvalue weighted by Gasteiger charge is 2.16. The van der Waals surface area contributed by atoms with Gasteiger partial charge in [-0.3, -0.25) is 9.78 Å². The first-order valence-corrected chi connectivity index (χ1v) is 5.75. The maximum absolute atomic E-state index is 12.1. The summed E-state index contributed by atoms with van der Waals surface area (Å²) >= 11 is 0. The van der Waals surface area contributed by atoms with Gasteiger partial charge in [-0.25, -0.2) is 0 Å². The summed E-state index contributed by atoms with van der Waals surface area (Å²) in [5, 5.41) is 0. The first-order valence-electron chi connectivity index (χ1n) is 5.75. The monoisotopic (exact) mass is 225 g/mol. The predicted molar refractivity (Wildman–Crippen MR) is 68.8 cm³/mol. The molecule has 0 fully saturated rings. The third-order valence-electron chi connectivity index (χ3n) is 2.65. The van der Waals surface area contributed by atoms with Gasteiger partial charge < -0.3 is 0 Å². The topological polar surface area (TPSA) is 30.0 Å². The van der Waals surface area contributed by atoms with Gasteiger partial charge in [0.25, 0.3) is 0 Å². The van der Waals surface area contributed by atoms with Crippen molar-refractivity contribution in [2.24, 2.45) is 5.92 Å². The van der Waals surface area contributed by atoms with E-state index in [-0.39, 0.29) is 11.7 Å². The molecule has 17 heavy (non-hydrogen) atoms. The van der Waals surface area contributed by atoms with Crippen molar-refractivity contribution in [1.29, 1.82) is 0 Å². The molecule has 0 aliphatic rings. The van der Waals surface area contributed by atoms with Crippen LogP contribution in [0.3, 0.4) is 0 Å². The van der Waals surface area contributed by atoms with E-state index in [0.29, 0.717) is 5.69 Å². The number of hydrogen-bond donors (Lipinski definition) is 0. The summed E-state index contributed by atoms with van der Waals surface area (Å²) in [6.45, 7) is 3.79. The van der Waals surface area contributed by atoms with Gasteiger partial charge in [0.05, 0.1) is 0 Å². The molecule has 86 valence electrons. The van der Waals surface area contributed by atoms with Gasteiger partial charge in [-0.15, -0.1) is 0 Å². The lowest BCUT2D eigenvalue weighted by Gasteiger charge is -2.09. The Labute approximate surface area is 101 Å². The summed E-state index contributed by atoms with van der Waals surface area (Å²) in [6.07, 6.45) is 1.67. The molecule has 2 heteroatoms. The Kier molecular flexibility index (Phi) is 3.33. The number of aromatic nitrogens is 1. The van der Waals surface area contributed by atoms with Gasteiger partial charge in [0, 0.05) is 17.7 Å². The van der Waals surface area contributed by atoms with Crippen molar-refractivity contribution in [3.63, 3.8) is 0 Å². The highest BCUT2D eigenvalue weighted by Crippen LogP contribution is 2.23. The quantitative estimate of drug-likeness (QED) is 0.747. The summed E-state index contributed by atoms with van der Waals surface area (Å²) in [5.41, 5.74) is 2.50. The minimum atomic E-state index is -0.0348. The van der Waals surface area contributed by atoms with Crippen molar-refractivity contribution in [3.05, 3.63) is 54.4 Å². The molecule has 0 saturated carbocycles. The molecule has 0 spiro atoms. The van der Waals surface area contributed by atoms with E-state index in [0.717, 1.165) is 11.1 Å². The SMILES string of the molecule is CC(C)C(=O)c1ncccc1-c1ccccc1. The maximum Gasteiger partial charge on any atom is 0.184 e. The van der Waals surface area contributed by atoms with E-state index in [9.17, 15) is 4.79 Å². The summed E-state index contributed by atoms with van der Waals surface area (Å²) in [7, 11) is 0. The molecule has 0 amide bonds. The Morgan fingerprint density at radius 2 is 1.76 bits per heavy atom. The Bertz CT molecular complexity index is 517. The fourth-order valence-corrected chi connectivity index (χ4v) is 1.73. The van der Waals surface area contributed by atoms with Crippen molar-refractivity contribution in [2.45, 2.75) is 13.8 Å². The second-order valence-corrected chi connectivity index (χ2v) is 4.28. The molecule has 2 nitrogen and oxygen atoms in total. The minimum absolute atomic E-state index is 0.0348. The van der Waals surface area contributed by atoms with Crippen LogP contribution < -0.4 is 0 Å². The van der Waals surface area contributed by atoms with E-state index < -0.39 is 0 Å². The van der Waals surface area contributed by atoms with Crippen LogP contribution >= 0.6 is 0 Å². The number of hydrogen-bond acceptors (Lipinski definition) is 2. The predicted octanol–water partition coefficient (Wildman–Crippen LogP) is 3.59. The van der Waals surface area contributed by atoms with Crippen LogP contribution in [0.1, 0.15) is 24.3 Å². The second kappa shape index (κ2) is 4.91. The van der Waals surface area contributed by atoms with Crippen molar-refractivity contribution in [2.75, 3.05) is 0 Å². The lowest BCUT2D eigenvalue weighted by molar-refractivity contribution is 0.0935. The van der Waals surface area contributed by atoms with Gasteiger partial charge in [0.2, 0.25) is 0 Å². The molecular formula is C15H15NO. The average molecular weight is 225 g/mol. The fourth-order valence-electron chi connectivity index (χ4n) is 1.73. The van der Waals surface area contributed by atoms with Gasteiger partial charge in [0.1, 0.15) is 5.69 Å². The number of rotatable bonds is 3. The summed E-state index contributed by atoms with van der Waals surface area (Å²) in [6, 6.07) is 13.7. The van der Waals surface area contributed by atoms with Gasteiger partial charge in [-0.1, -0.05) is 50.2 Å². The molecule has 0 N–H and O–H groups in total. The van der Waals surface area contributed by atoms with Crippen LogP contribution in [0.25, 0.3) is 11.1 Å². The number of benzene rings is 1. The van der Waals surface area contributed by atoms with E-state index in [2.05, 4.69) is 4.98 Å². The van der Waals surface area contributed by atoms with Crippen LogP contribution in [0, 0.1) is 5.92 Å². The molecule has 0 atom stereocenters. The molecule has 0 saturated heterocycles. The standard InChI is InChI=1S/C15H15NO/c1-11(2)15(17)14-13(9-6-10-16-14)12-7-4-3-5-8-12/h3-11H,1-2H3. The maximum atomic E-state index is 12.1. The lowest BCUT2D eigenvalue weighted by atomic mass is 9.97. The van der Waals surface area contributed by atoms with Crippen molar-refractivity contribution < 1.29 is 4.79 Å². The molecule has 0 aliphatic carbocycles. The van der Waals surface area contributed by atoms with E-state index >= 15 is 0 Å². The van der Waals surface area contributed by atoms with Crippen LogP contribution in [-0.4, -0.2) is 10.8 Å². The summed E-state index contributed by atoms with van der Waals surface area (Å²) < 4.78 is 0. The molecule has 2 rings (SSSR count). The Morgan fingerprint density at radius 1 is 1.06 bits per heavy atom. The van der Waals surface area contributed by atoms with Crippen LogP contribution in [-0.2, 0) is 0 Å². The normalized spacial score (nSPS) is 10.5. The van der Waals surface area contributed by atoms with Gasteiger partial charge in [-0.05, 0) is 11.6 Å². The average Bonchev–Trinajstić information content (AvgIpc) is 2.39. The lowest BCUT2D eigenvalue weighted by Crippen LogP contribution is -2.11. The van der Waals surface area contributed by atoms with Crippen LogP contribution in [0.5, 0.6) is 0 Å². The highest BCUT2D eigenvalue weighted by atomic mass is 16.1. The molecule has 0 radical (unpaired) electrons. The van der Waals surface area contributed by atoms with Crippen LogP contribution in [0.2, 0.25) is 0 Å². The molecule has 2 aromatic rings. The number of carbonyl (C=O) groups excluding carboxylic acids is 1. The zero-order valence-electron chi connectivity index (χ0n) is 10.1. The van der Waals surface area contributed by atoms with E-state index in [1.165, 1.54) is 0 Å². The molecule has 0 aliphatic heterocycles. The zero-order chi connectivity index (χ0) is 12.3. The molecule has 0 bridgehead atoms. The number of ketones is 1. The largest absolute Gasteiger partial charge is 0.292 e. The van der Waals surface area contributed by atoms with Crippen molar-refractivity contribution in [3.8, 4) is 11.1 Å². The third kappa shape index (κ3) is 2.41. The van der Waals surface area contributed by atoms with Gasteiger partial charge in [-0.2, -0.15) is 0 Å². The van der Waals surface area contributed by atoms with E-state index in [1.54, 1.807) is 6.20 Å². The van der Waals surface area contributed by atoms with Gasteiger partial charge in [0.15, 0.2) is 5.78 Å². The minimum Gasteiger partial charge on any atom is -0.292 e. The second-order valence-electron chi connectivity index (χ2n) is 4.28. The summed E-state index contributed by atoms with van der Waals surface area (Å²) in [5.74, 6) is 0.0526. The molecular weight excluding hydrogens is 210 g/mol. The Balaban J connectivity index is 2.52. The molecule has 0 unspecified atom stereocenters.